The summed E-state index contributed by atoms with van der Waals surface area (Å²) < 4.78 is 27.5. The molecule has 0 aromatic heterocycles. The fourth-order valence-corrected chi connectivity index (χ4v) is 4.72. The van der Waals surface area contributed by atoms with Crippen LogP contribution in [0.2, 0.25) is 0 Å². The van der Waals surface area contributed by atoms with Gasteiger partial charge in [0.2, 0.25) is 0 Å². The maximum absolute atomic E-state index is 11.7. The van der Waals surface area contributed by atoms with Crippen molar-refractivity contribution in [3.63, 3.8) is 0 Å². The van der Waals surface area contributed by atoms with Gasteiger partial charge >= 0.3 is 5.97 Å². The number of nitrogens with one attached hydrogen (secondary N) is 1. The quantitative estimate of drug-likeness (QED) is 0.602. The van der Waals surface area contributed by atoms with E-state index in [1.165, 1.54) is 11.8 Å². The molecular formula is C15H19NO5S2. The summed E-state index contributed by atoms with van der Waals surface area (Å²) in [6.07, 6.45) is 0.408. The number of carbonyl (C=O) groups excluding carboxylic acids is 2. The van der Waals surface area contributed by atoms with E-state index in [1.54, 1.807) is 0 Å². The Morgan fingerprint density at radius 3 is 2.74 bits per heavy atom. The van der Waals surface area contributed by atoms with E-state index < -0.39 is 21.7 Å². The Labute approximate surface area is 139 Å². The molecule has 1 heterocycles. The van der Waals surface area contributed by atoms with Crippen molar-refractivity contribution in [2.24, 2.45) is 0 Å². The zero-order chi connectivity index (χ0) is 16.9. The Kier molecular flexibility index (Phi) is 6.06. The standard InChI is InChI=1S/C15H19NO5S2/c1-11-4-2-3-5-13(11)22-9-15(18)21-8-14(17)16-12-6-7-23(19,20)10-12/h2-5,12H,6-10H2,1H3,(H,16,17)/t12-/m0/s1. The largest absolute Gasteiger partial charge is 0.455 e. The molecule has 0 saturated carbocycles. The van der Waals surface area contributed by atoms with Crippen LogP contribution in [0.15, 0.2) is 29.2 Å². The monoisotopic (exact) mass is 357 g/mol. The Balaban J connectivity index is 1.68. The van der Waals surface area contributed by atoms with Crippen molar-refractivity contribution in [1.82, 2.24) is 5.32 Å². The van der Waals surface area contributed by atoms with Crippen LogP contribution in [0.4, 0.5) is 0 Å². The highest BCUT2D eigenvalue weighted by molar-refractivity contribution is 8.00. The van der Waals surface area contributed by atoms with Gasteiger partial charge in [-0.2, -0.15) is 0 Å². The minimum atomic E-state index is -3.04. The first kappa shape index (κ1) is 17.8. The van der Waals surface area contributed by atoms with Crippen molar-refractivity contribution in [3.05, 3.63) is 29.8 Å². The number of sulfone groups is 1. The van der Waals surface area contributed by atoms with Crippen LogP contribution in [0, 0.1) is 6.92 Å². The number of aryl methyl sites for hydroxylation is 1. The first-order chi connectivity index (χ1) is 10.9. The Morgan fingerprint density at radius 1 is 1.35 bits per heavy atom. The molecule has 23 heavy (non-hydrogen) atoms. The van der Waals surface area contributed by atoms with E-state index in [-0.39, 0.29) is 29.9 Å². The summed E-state index contributed by atoms with van der Waals surface area (Å²) in [4.78, 5) is 24.3. The summed E-state index contributed by atoms with van der Waals surface area (Å²) in [5.74, 6) is -0.787. The van der Waals surface area contributed by atoms with Gasteiger partial charge in [-0.1, -0.05) is 18.2 Å². The third kappa shape index (κ3) is 5.87. The first-order valence-corrected chi connectivity index (χ1v) is 10.0. The van der Waals surface area contributed by atoms with Crippen LogP contribution in [-0.4, -0.2) is 50.2 Å². The molecule has 0 unspecified atom stereocenters. The average molecular weight is 357 g/mol. The molecule has 126 valence electrons. The minimum absolute atomic E-state index is 0.0458. The van der Waals surface area contributed by atoms with Gasteiger partial charge < -0.3 is 10.1 Å². The van der Waals surface area contributed by atoms with Crippen molar-refractivity contribution < 1.29 is 22.7 Å². The second-order valence-electron chi connectivity index (χ2n) is 5.38. The number of hydrogen-bond acceptors (Lipinski definition) is 6. The SMILES string of the molecule is Cc1ccccc1SCC(=O)OCC(=O)N[C@H]1CCS(=O)(=O)C1. The van der Waals surface area contributed by atoms with E-state index >= 15 is 0 Å². The van der Waals surface area contributed by atoms with Crippen LogP contribution in [0.25, 0.3) is 0 Å². The summed E-state index contributed by atoms with van der Waals surface area (Å²) in [7, 11) is -3.04. The molecule has 2 rings (SSSR count). The predicted octanol–water partition coefficient (Wildman–Crippen LogP) is 0.934. The van der Waals surface area contributed by atoms with Crippen molar-refractivity contribution in [2.45, 2.75) is 24.3 Å². The van der Waals surface area contributed by atoms with E-state index in [4.69, 9.17) is 4.74 Å². The molecule has 1 amide bonds. The first-order valence-electron chi connectivity index (χ1n) is 7.19. The lowest BCUT2D eigenvalue weighted by Crippen LogP contribution is -2.38. The molecule has 1 aromatic rings. The van der Waals surface area contributed by atoms with Gasteiger partial charge in [0.15, 0.2) is 16.4 Å². The highest BCUT2D eigenvalue weighted by Gasteiger charge is 2.28. The maximum atomic E-state index is 11.7. The summed E-state index contributed by atoms with van der Waals surface area (Å²) in [6.45, 7) is 1.57. The highest BCUT2D eigenvalue weighted by Crippen LogP contribution is 2.21. The minimum Gasteiger partial charge on any atom is -0.455 e. The smallest absolute Gasteiger partial charge is 0.316 e. The number of carbonyl (C=O) groups is 2. The van der Waals surface area contributed by atoms with E-state index in [2.05, 4.69) is 5.32 Å². The van der Waals surface area contributed by atoms with Crippen LogP contribution >= 0.6 is 11.8 Å². The van der Waals surface area contributed by atoms with Crippen molar-refractivity contribution >= 4 is 33.5 Å². The Hall–Kier alpha value is -1.54. The van der Waals surface area contributed by atoms with Crippen LogP contribution in [-0.2, 0) is 24.2 Å². The lowest BCUT2D eigenvalue weighted by atomic mass is 10.2. The third-order valence-electron chi connectivity index (χ3n) is 3.40. The van der Waals surface area contributed by atoms with Crippen LogP contribution in [0.3, 0.4) is 0 Å². The molecule has 1 aliphatic rings. The lowest BCUT2D eigenvalue weighted by Gasteiger charge is -2.11. The van der Waals surface area contributed by atoms with Gasteiger partial charge in [0.25, 0.3) is 5.91 Å². The molecule has 1 aromatic carbocycles. The number of rotatable bonds is 6. The van der Waals surface area contributed by atoms with Crippen LogP contribution in [0.5, 0.6) is 0 Å². The summed E-state index contributed by atoms with van der Waals surface area (Å²) in [6, 6.07) is 7.30. The number of esters is 1. The number of thioether (sulfide) groups is 1. The second-order valence-corrected chi connectivity index (χ2v) is 8.63. The molecule has 1 N–H and O–H groups in total. The van der Waals surface area contributed by atoms with Gasteiger partial charge in [0.1, 0.15) is 0 Å². The molecular weight excluding hydrogens is 338 g/mol. The Morgan fingerprint density at radius 2 is 2.09 bits per heavy atom. The van der Waals surface area contributed by atoms with Crippen molar-refractivity contribution in [1.29, 1.82) is 0 Å². The topological polar surface area (TPSA) is 89.5 Å². The number of amides is 1. The summed E-state index contributed by atoms with van der Waals surface area (Å²) >= 11 is 1.35. The van der Waals surface area contributed by atoms with Gasteiger partial charge in [0.05, 0.1) is 17.3 Å². The maximum Gasteiger partial charge on any atom is 0.316 e. The Bertz CT molecular complexity index is 687. The highest BCUT2D eigenvalue weighted by atomic mass is 32.2. The summed E-state index contributed by atoms with van der Waals surface area (Å²) in [5.41, 5.74) is 1.07. The zero-order valence-electron chi connectivity index (χ0n) is 12.8. The van der Waals surface area contributed by atoms with Gasteiger partial charge in [-0.25, -0.2) is 8.42 Å². The number of benzene rings is 1. The third-order valence-corrected chi connectivity index (χ3v) is 6.32. The molecule has 1 saturated heterocycles. The second kappa shape index (κ2) is 7.83. The molecule has 1 fully saturated rings. The van der Waals surface area contributed by atoms with Crippen LogP contribution < -0.4 is 5.32 Å². The zero-order valence-corrected chi connectivity index (χ0v) is 14.4. The van der Waals surface area contributed by atoms with Crippen molar-refractivity contribution in [3.8, 4) is 0 Å². The normalized spacial score (nSPS) is 19.3. The predicted molar refractivity (Wildman–Crippen MR) is 88.1 cm³/mol. The van der Waals surface area contributed by atoms with Crippen molar-refractivity contribution in [2.75, 3.05) is 23.9 Å². The molecule has 0 aliphatic carbocycles. The molecule has 0 bridgehead atoms. The lowest BCUT2D eigenvalue weighted by molar-refractivity contribution is -0.146. The van der Waals surface area contributed by atoms with Gasteiger partial charge in [-0.15, -0.1) is 11.8 Å². The van der Waals surface area contributed by atoms with Gasteiger partial charge in [-0.3, -0.25) is 9.59 Å². The fourth-order valence-electron chi connectivity index (χ4n) is 2.22. The van der Waals surface area contributed by atoms with E-state index in [0.29, 0.717) is 6.42 Å². The van der Waals surface area contributed by atoms with E-state index in [9.17, 15) is 18.0 Å². The summed E-state index contributed by atoms with van der Waals surface area (Å²) in [5, 5.41) is 2.57. The average Bonchev–Trinajstić information content (AvgIpc) is 2.83. The fraction of sp³-hybridized carbons (Fsp3) is 0.467. The molecule has 6 nitrogen and oxygen atoms in total. The molecule has 0 radical (unpaired) electrons. The molecule has 1 atom stereocenters. The van der Waals surface area contributed by atoms with Gasteiger partial charge in [-0.05, 0) is 25.0 Å². The van der Waals surface area contributed by atoms with Gasteiger partial charge in [0, 0.05) is 10.9 Å². The molecule has 8 heteroatoms. The van der Waals surface area contributed by atoms with E-state index in [0.717, 1.165) is 10.5 Å². The molecule has 0 spiro atoms. The van der Waals surface area contributed by atoms with Crippen LogP contribution in [0.1, 0.15) is 12.0 Å². The number of hydrogen-bond donors (Lipinski definition) is 1. The number of ether oxygens (including phenoxy) is 1. The molecule has 1 aliphatic heterocycles. The van der Waals surface area contributed by atoms with E-state index in [1.807, 2.05) is 31.2 Å².